The Morgan fingerprint density at radius 3 is 2.62 bits per heavy atom. The van der Waals surface area contributed by atoms with Crippen LogP contribution in [0.1, 0.15) is 42.9 Å². The number of aryl methyl sites for hydroxylation is 1. The molecule has 1 aromatic heterocycles. The summed E-state index contributed by atoms with van der Waals surface area (Å²) in [6.07, 6.45) is 5.05. The summed E-state index contributed by atoms with van der Waals surface area (Å²) in [5.74, 6) is 1.44. The number of hydrogen-bond acceptors (Lipinski definition) is 2. The van der Waals surface area contributed by atoms with Crippen LogP contribution in [0, 0.1) is 11.6 Å². The summed E-state index contributed by atoms with van der Waals surface area (Å²) in [6, 6.07) is 6.22. The molecule has 1 aliphatic rings. The zero-order valence-electron chi connectivity index (χ0n) is 11.7. The van der Waals surface area contributed by atoms with Gasteiger partial charge in [0, 0.05) is 21.6 Å². The molecule has 1 aliphatic carbocycles. The number of benzene rings is 1. The average Bonchev–Trinajstić information content (AvgIpc) is 2.96. The minimum atomic E-state index is 0.568. The minimum absolute atomic E-state index is 0.568. The Morgan fingerprint density at radius 2 is 1.95 bits per heavy atom. The Balaban J connectivity index is 2.13. The third kappa shape index (κ3) is 3.15. The molecule has 2 nitrogen and oxygen atoms in total. The van der Waals surface area contributed by atoms with Crippen molar-refractivity contribution in [2.45, 2.75) is 38.5 Å². The van der Waals surface area contributed by atoms with Gasteiger partial charge in [-0.2, -0.15) is 0 Å². The third-order valence-electron chi connectivity index (χ3n) is 4.10. The molecule has 0 bridgehead atoms. The van der Waals surface area contributed by atoms with E-state index in [0.29, 0.717) is 10.6 Å². The highest BCUT2D eigenvalue weighted by Gasteiger charge is 2.22. The fourth-order valence-corrected chi connectivity index (χ4v) is 4.18. The molecule has 0 saturated heterocycles. The van der Waals surface area contributed by atoms with Crippen LogP contribution >= 0.6 is 44.1 Å². The first kappa shape index (κ1) is 15.4. The smallest absolute Gasteiger partial charge is 0.144 e. The summed E-state index contributed by atoms with van der Waals surface area (Å²) in [5, 5.41) is 0. The van der Waals surface area contributed by atoms with Crippen LogP contribution < -0.4 is 0 Å². The Morgan fingerprint density at radius 1 is 1.24 bits per heavy atom. The van der Waals surface area contributed by atoms with Crippen LogP contribution in [0.5, 0.6) is 0 Å². The van der Waals surface area contributed by atoms with Crippen LogP contribution in [-0.4, -0.2) is 9.97 Å². The first-order valence-corrected chi connectivity index (χ1v) is 9.12. The first-order valence-electron chi connectivity index (χ1n) is 7.12. The highest BCUT2D eigenvalue weighted by molar-refractivity contribution is 9.10. The number of aromatic nitrogens is 2. The third-order valence-corrected chi connectivity index (χ3v) is 5.95. The maximum atomic E-state index is 5.45. The van der Waals surface area contributed by atoms with E-state index in [1.54, 1.807) is 0 Å². The van der Waals surface area contributed by atoms with Crippen molar-refractivity contribution in [3.8, 4) is 11.4 Å². The van der Waals surface area contributed by atoms with E-state index in [0.717, 1.165) is 20.3 Å². The van der Waals surface area contributed by atoms with E-state index >= 15 is 0 Å². The zero-order chi connectivity index (χ0) is 15.0. The van der Waals surface area contributed by atoms with Crippen LogP contribution in [0.15, 0.2) is 27.1 Å². The molecular formula is C16H16Br2N2S. The number of nitrogens with one attached hydrogen (secondary N) is 1. The van der Waals surface area contributed by atoms with Crippen molar-refractivity contribution in [2.24, 2.45) is 0 Å². The van der Waals surface area contributed by atoms with Crippen LogP contribution in [-0.2, 0) is 0 Å². The van der Waals surface area contributed by atoms with E-state index in [-0.39, 0.29) is 0 Å². The van der Waals surface area contributed by atoms with Gasteiger partial charge in [-0.15, -0.1) is 0 Å². The van der Waals surface area contributed by atoms with Gasteiger partial charge in [-0.25, -0.2) is 4.98 Å². The number of hydrogen-bond donors (Lipinski definition) is 1. The van der Waals surface area contributed by atoms with Gasteiger partial charge in [-0.05, 0) is 59.5 Å². The fraction of sp³-hybridized carbons (Fsp3) is 0.375. The van der Waals surface area contributed by atoms with Crippen molar-refractivity contribution >= 4 is 44.1 Å². The van der Waals surface area contributed by atoms with E-state index in [1.165, 1.54) is 36.9 Å². The van der Waals surface area contributed by atoms with Crippen molar-refractivity contribution < 1.29 is 0 Å². The molecule has 110 valence electrons. The maximum Gasteiger partial charge on any atom is 0.144 e. The lowest BCUT2D eigenvalue weighted by molar-refractivity contribution is 0.689. The largest absolute Gasteiger partial charge is 0.342 e. The van der Waals surface area contributed by atoms with Crippen molar-refractivity contribution in [2.75, 3.05) is 0 Å². The molecule has 0 radical (unpaired) electrons. The molecule has 2 aromatic rings. The number of nitrogens with zero attached hydrogens (tertiary/aromatic N) is 1. The summed E-state index contributed by atoms with van der Waals surface area (Å²) < 4.78 is 2.69. The number of rotatable bonds is 2. The monoisotopic (exact) mass is 426 g/mol. The van der Waals surface area contributed by atoms with Crippen LogP contribution in [0.25, 0.3) is 11.4 Å². The second-order valence-electron chi connectivity index (χ2n) is 5.56. The lowest BCUT2D eigenvalue weighted by Crippen LogP contribution is -2.03. The van der Waals surface area contributed by atoms with E-state index in [9.17, 15) is 0 Å². The van der Waals surface area contributed by atoms with Gasteiger partial charge in [0.15, 0.2) is 0 Å². The maximum absolute atomic E-state index is 5.45. The highest BCUT2D eigenvalue weighted by Crippen LogP contribution is 2.37. The molecule has 1 heterocycles. The number of aromatic amines is 1. The van der Waals surface area contributed by atoms with Gasteiger partial charge in [0.2, 0.25) is 0 Å². The lowest BCUT2D eigenvalue weighted by Gasteiger charge is -2.15. The molecule has 5 heteroatoms. The molecular weight excluding hydrogens is 412 g/mol. The Bertz CT molecular complexity index is 734. The molecule has 0 amide bonds. The fourth-order valence-electron chi connectivity index (χ4n) is 2.99. The van der Waals surface area contributed by atoms with Gasteiger partial charge in [0.25, 0.3) is 0 Å². The molecule has 0 aliphatic heterocycles. The van der Waals surface area contributed by atoms with Gasteiger partial charge in [0.05, 0.1) is 4.47 Å². The van der Waals surface area contributed by atoms with Crippen LogP contribution in [0.3, 0.4) is 0 Å². The van der Waals surface area contributed by atoms with E-state index in [1.807, 2.05) is 6.07 Å². The van der Waals surface area contributed by atoms with Gasteiger partial charge in [-0.3, -0.25) is 0 Å². The molecule has 1 fully saturated rings. The molecule has 0 unspecified atom stereocenters. The Labute approximate surface area is 146 Å². The topological polar surface area (TPSA) is 28.7 Å². The molecule has 0 atom stereocenters. The lowest BCUT2D eigenvalue weighted by atomic mass is 10.0. The van der Waals surface area contributed by atoms with Gasteiger partial charge in [-0.1, -0.05) is 41.0 Å². The average molecular weight is 428 g/mol. The molecule has 21 heavy (non-hydrogen) atoms. The molecule has 1 saturated carbocycles. The SMILES string of the molecule is Cc1cc(Br)ccc1-c1nc(=S)c(Br)c(C2CCCC2)[nH]1. The van der Waals surface area contributed by atoms with Crippen LogP contribution in [0.4, 0.5) is 0 Å². The van der Waals surface area contributed by atoms with Crippen molar-refractivity contribution in [1.82, 2.24) is 9.97 Å². The van der Waals surface area contributed by atoms with E-state index < -0.39 is 0 Å². The second kappa shape index (κ2) is 6.31. The standard InChI is InChI=1S/C16H16Br2N2S/c1-9-8-11(17)6-7-12(9)15-19-14(10-4-2-3-5-10)13(18)16(21)20-15/h6-8,10H,2-5H2,1H3,(H,19,20,21). The van der Waals surface area contributed by atoms with Gasteiger partial charge >= 0.3 is 0 Å². The first-order chi connectivity index (χ1) is 10.1. The van der Waals surface area contributed by atoms with Crippen molar-refractivity contribution in [3.05, 3.63) is 43.0 Å². The molecule has 3 rings (SSSR count). The number of H-pyrrole nitrogens is 1. The van der Waals surface area contributed by atoms with Gasteiger partial charge in [0.1, 0.15) is 10.5 Å². The molecule has 0 spiro atoms. The summed E-state index contributed by atoms with van der Waals surface area (Å²) in [7, 11) is 0. The quantitative estimate of drug-likeness (QED) is 0.569. The predicted octanol–water partition coefficient (Wildman–Crippen LogP) is 6.30. The van der Waals surface area contributed by atoms with Gasteiger partial charge < -0.3 is 4.98 Å². The summed E-state index contributed by atoms with van der Waals surface area (Å²) in [5.41, 5.74) is 3.50. The summed E-state index contributed by atoms with van der Waals surface area (Å²) in [6.45, 7) is 2.09. The van der Waals surface area contributed by atoms with E-state index in [2.05, 4.69) is 60.9 Å². The summed E-state index contributed by atoms with van der Waals surface area (Å²) >= 11 is 12.6. The highest BCUT2D eigenvalue weighted by atomic mass is 79.9. The number of halogens is 2. The van der Waals surface area contributed by atoms with Crippen LogP contribution in [0.2, 0.25) is 0 Å². The predicted molar refractivity (Wildman–Crippen MR) is 96.2 cm³/mol. The second-order valence-corrected chi connectivity index (χ2v) is 7.65. The Kier molecular flexibility index (Phi) is 4.62. The van der Waals surface area contributed by atoms with E-state index in [4.69, 9.17) is 12.2 Å². The Hall–Kier alpha value is -0.520. The van der Waals surface area contributed by atoms with Crippen molar-refractivity contribution in [1.29, 1.82) is 0 Å². The zero-order valence-corrected chi connectivity index (χ0v) is 15.7. The molecule has 1 N–H and O–H groups in total. The normalized spacial score (nSPS) is 15.6. The minimum Gasteiger partial charge on any atom is -0.342 e. The summed E-state index contributed by atoms with van der Waals surface area (Å²) in [4.78, 5) is 8.09. The van der Waals surface area contributed by atoms with Crippen molar-refractivity contribution in [3.63, 3.8) is 0 Å². The molecule has 1 aromatic carbocycles.